The van der Waals surface area contributed by atoms with Crippen molar-refractivity contribution in [2.75, 3.05) is 5.73 Å². The fourth-order valence-corrected chi connectivity index (χ4v) is 2.56. The van der Waals surface area contributed by atoms with Crippen LogP contribution in [0.5, 0.6) is 0 Å². The molecule has 0 saturated carbocycles. The molecule has 3 rings (SSSR count). The van der Waals surface area contributed by atoms with Crippen LogP contribution in [-0.2, 0) is 0 Å². The van der Waals surface area contributed by atoms with Crippen LogP contribution in [0.4, 0.5) is 5.69 Å². The van der Waals surface area contributed by atoms with Crippen molar-refractivity contribution in [1.82, 2.24) is 9.97 Å². The number of anilines is 1. The molecule has 2 heterocycles. The van der Waals surface area contributed by atoms with Gasteiger partial charge < -0.3 is 10.7 Å². The van der Waals surface area contributed by atoms with Gasteiger partial charge in [0.2, 0.25) is 0 Å². The normalized spacial score (nSPS) is 10.9. The highest BCUT2D eigenvalue weighted by Gasteiger charge is 2.17. The molecule has 0 unspecified atom stereocenters. The number of hydrogen-bond acceptors (Lipinski definition) is 3. The van der Waals surface area contributed by atoms with Gasteiger partial charge in [-0.25, -0.2) is 4.98 Å². The SMILES string of the molecule is Nc1ccc(Cl)c(C(=O)c2c[nH]c3ncc(Br)cc23)c1. The van der Waals surface area contributed by atoms with E-state index in [2.05, 4.69) is 25.9 Å². The third-order valence-corrected chi connectivity index (χ3v) is 3.74. The van der Waals surface area contributed by atoms with Crippen molar-refractivity contribution in [2.45, 2.75) is 0 Å². The summed E-state index contributed by atoms with van der Waals surface area (Å²) in [6.45, 7) is 0. The number of rotatable bonds is 2. The maximum Gasteiger partial charge on any atom is 0.196 e. The lowest BCUT2D eigenvalue weighted by atomic mass is 10.0. The third kappa shape index (κ3) is 2.19. The van der Waals surface area contributed by atoms with E-state index >= 15 is 0 Å². The molecule has 0 aliphatic heterocycles. The Kier molecular flexibility index (Phi) is 3.23. The fraction of sp³-hybridized carbons (Fsp3) is 0. The molecule has 3 aromatic rings. The van der Waals surface area contributed by atoms with Gasteiger partial charge in [0, 0.05) is 39.1 Å². The van der Waals surface area contributed by atoms with Crippen molar-refractivity contribution in [1.29, 1.82) is 0 Å². The highest BCUT2D eigenvalue weighted by Crippen LogP contribution is 2.26. The molecule has 0 atom stereocenters. The number of ketones is 1. The number of aromatic nitrogens is 2. The molecule has 0 spiro atoms. The molecule has 2 aromatic heterocycles. The summed E-state index contributed by atoms with van der Waals surface area (Å²) < 4.78 is 0.803. The molecule has 0 radical (unpaired) electrons. The zero-order valence-corrected chi connectivity index (χ0v) is 12.5. The van der Waals surface area contributed by atoms with Crippen LogP contribution in [0.25, 0.3) is 11.0 Å². The number of carbonyl (C=O) groups is 1. The first-order valence-corrected chi connectivity index (χ1v) is 6.95. The van der Waals surface area contributed by atoms with Crippen molar-refractivity contribution >= 4 is 50.0 Å². The molecule has 3 N–H and O–H groups in total. The predicted octanol–water partition coefficient (Wildman–Crippen LogP) is 3.79. The second-order valence-corrected chi connectivity index (χ2v) is 5.64. The lowest BCUT2D eigenvalue weighted by Gasteiger charge is -2.04. The van der Waals surface area contributed by atoms with Crippen LogP contribution in [0.1, 0.15) is 15.9 Å². The summed E-state index contributed by atoms with van der Waals surface area (Å²) in [4.78, 5) is 19.8. The molecular formula is C14H9BrClN3O. The van der Waals surface area contributed by atoms with Crippen LogP contribution in [0.15, 0.2) is 41.1 Å². The first-order chi connectivity index (χ1) is 9.56. The Labute approximate surface area is 128 Å². The van der Waals surface area contributed by atoms with E-state index in [4.69, 9.17) is 17.3 Å². The van der Waals surface area contributed by atoms with E-state index < -0.39 is 0 Å². The van der Waals surface area contributed by atoms with Crippen LogP contribution in [-0.4, -0.2) is 15.8 Å². The van der Waals surface area contributed by atoms with Gasteiger partial charge in [0.05, 0.1) is 5.02 Å². The van der Waals surface area contributed by atoms with E-state index in [0.29, 0.717) is 27.5 Å². The Morgan fingerprint density at radius 2 is 2.10 bits per heavy atom. The van der Waals surface area contributed by atoms with Crippen LogP contribution >= 0.6 is 27.5 Å². The smallest absolute Gasteiger partial charge is 0.196 e. The van der Waals surface area contributed by atoms with Gasteiger partial charge in [-0.2, -0.15) is 0 Å². The van der Waals surface area contributed by atoms with Gasteiger partial charge >= 0.3 is 0 Å². The molecule has 6 heteroatoms. The number of nitrogens with zero attached hydrogens (tertiary/aromatic N) is 1. The van der Waals surface area contributed by atoms with E-state index in [1.807, 2.05) is 6.07 Å². The molecule has 100 valence electrons. The maximum absolute atomic E-state index is 12.6. The Morgan fingerprint density at radius 3 is 2.90 bits per heavy atom. The summed E-state index contributed by atoms with van der Waals surface area (Å²) in [6, 6.07) is 6.70. The number of pyridine rings is 1. The average Bonchev–Trinajstić information content (AvgIpc) is 2.83. The number of nitrogens with two attached hydrogens (primary N) is 1. The predicted molar refractivity (Wildman–Crippen MR) is 83.1 cm³/mol. The Bertz CT molecular complexity index is 828. The van der Waals surface area contributed by atoms with Gasteiger partial charge in [-0.05, 0) is 40.2 Å². The zero-order valence-electron chi connectivity index (χ0n) is 10.2. The Hall–Kier alpha value is -1.85. The van der Waals surface area contributed by atoms with E-state index in [-0.39, 0.29) is 5.78 Å². The molecule has 0 amide bonds. The van der Waals surface area contributed by atoms with E-state index in [1.165, 1.54) is 0 Å². The quantitative estimate of drug-likeness (QED) is 0.545. The van der Waals surface area contributed by atoms with Crippen molar-refractivity contribution < 1.29 is 4.79 Å². The minimum atomic E-state index is -0.187. The minimum Gasteiger partial charge on any atom is -0.399 e. The number of halogens is 2. The number of aromatic amines is 1. The number of H-pyrrole nitrogens is 1. The van der Waals surface area contributed by atoms with Crippen LogP contribution in [0.2, 0.25) is 5.02 Å². The second-order valence-electron chi connectivity index (χ2n) is 4.32. The summed E-state index contributed by atoms with van der Waals surface area (Å²) in [7, 11) is 0. The second kappa shape index (κ2) is 4.92. The minimum absolute atomic E-state index is 0.187. The highest BCUT2D eigenvalue weighted by atomic mass is 79.9. The Balaban J connectivity index is 2.17. The van der Waals surface area contributed by atoms with Gasteiger partial charge in [-0.1, -0.05) is 11.6 Å². The van der Waals surface area contributed by atoms with Gasteiger partial charge in [0.25, 0.3) is 0 Å². The van der Waals surface area contributed by atoms with E-state index in [1.54, 1.807) is 30.6 Å². The molecule has 20 heavy (non-hydrogen) atoms. The molecule has 0 fully saturated rings. The summed E-state index contributed by atoms with van der Waals surface area (Å²) in [6.07, 6.45) is 3.30. The van der Waals surface area contributed by atoms with Crippen molar-refractivity contribution in [3.8, 4) is 0 Å². The topological polar surface area (TPSA) is 71.8 Å². The molecule has 0 aliphatic rings. The molecule has 1 aromatic carbocycles. The third-order valence-electron chi connectivity index (χ3n) is 2.98. The van der Waals surface area contributed by atoms with Crippen LogP contribution in [0, 0.1) is 0 Å². The van der Waals surface area contributed by atoms with Gasteiger partial charge in [-0.15, -0.1) is 0 Å². The maximum atomic E-state index is 12.6. The van der Waals surface area contributed by atoms with Crippen molar-refractivity contribution in [3.05, 3.63) is 57.3 Å². The van der Waals surface area contributed by atoms with Gasteiger partial charge in [0.1, 0.15) is 5.65 Å². The standard InChI is InChI=1S/C14H9BrClN3O/c15-7-3-9-11(6-19-14(9)18-5-7)13(20)10-4-8(17)1-2-12(10)16/h1-6H,17H2,(H,18,19). The summed E-state index contributed by atoms with van der Waals surface area (Å²) >= 11 is 9.43. The number of nitrogen functional groups attached to an aromatic ring is 1. The monoisotopic (exact) mass is 349 g/mol. The van der Waals surface area contributed by atoms with Gasteiger partial charge in [0.15, 0.2) is 5.78 Å². The molecule has 0 aliphatic carbocycles. The number of fused-ring (bicyclic) bond motifs is 1. The molecule has 4 nitrogen and oxygen atoms in total. The number of nitrogens with one attached hydrogen (secondary N) is 1. The first-order valence-electron chi connectivity index (χ1n) is 5.78. The highest BCUT2D eigenvalue weighted by molar-refractivity contribution is 9.10. The van der Waals surface area contributed by atoms with Crippen molar-refractivity contribution in [2.24, 2.45) is 0 Å². The van der Waals surface area contributed by atoms with Crippen LogP contribution < -0.4 is 5.73 Å². The van der Waals surface area contributed by atoms with Crippen LogP contribution in [0.3, 0.4) is 0 Å². The lowest BCUT2D eigenvalue weighted by Crippen LogP contribution is -2.02. The number of hydrogen-bond donors (Lipinski definition) is 2. The number of benzene rings is 1. The first kappa shape index (κ1) is 13.1. The van der Waals surface area contributed by atoms with E-state index in [0.717, 1.165) is 9.86 Å². The lowest BCUT2D eigenvalue weighted by molar-refractivity contribution is 0.104. The summed E-state index contributed by atoms with van der Waals surface area (Å²) in [5, 5.41) is 1.12. The van der Waals surface area contributed by atoms with Crippen molar-refractivity contribution in [3.63, 3.8) is 0 Å². The molecule has 0 bridgehead atoms. The van der Waals surface area contributed by atoms with E-state index in [9.17, 15) is 4.79 Å². The molecular weight excluding hydrogens is 342 g/mol. The Morgan fingerprint density at radius 1 is 1.30 bits per heavy atom. The summed E-state index contributed by atoms with van der Waals surface area (Å²) in [5.41, 5.74) is 7.76. The average molecular weight is 351 g/mol. The molecule has 0 saturated heterocycles. The largest absolute Gasteiger partial charge is 0.399 e. The summed E-state index contributed by atoms with van der Waals surface area (Å²) in [5.74, 6) is -0.187. The van der Waals surface area contributed by atoms with Gasteiger partial charge in [-0.3, -0.25) is 4.79 Å². The zero-order chi connectivity index (χ0) is 14.3. The number of carbonyl (C=O) groups excluding carboxylic acids is 1. The fourth-order valence-electron chi connectivity index (χ4n) is 2.03.